The number of carboxylic acids is 1. The van der Waals surface area contributed by atoms with Crippen LogP contribution in [0, 0.1) is 18.8 Å². The molecule has 2 N–H and O–H groups in total. The highest BCUT2D eigenvalue weighted by Crippen LogP contribution is 2.45. The summed E-state index contributed by atoms with van der Waals surface area (Å²) in [5.74, 6) is -3.97. The molecule has 2 aliphatic heterocycles. The van der Waals surface area contributed by atoms with E-state index in [0.717, 1.165) is 16.0 Å². The number of hydrogen-bond acceptors (Lipinski definition) is 4. The molecule has 2 heterocycles. The van der Waals surface area contributed by atoms with Gasteiger partial charge < -0.3 is 5.11 Å². The number of carboxylic acid groups (broad SMARTS) is 1. The Morgan fingerprint density at radius 1 is 1.17 bits per heavy atom. The quantitative estimate of drug-likeness (QED) is 0.735. The molecule has 0 aliphatic carbocycles. The molecule has 2 fully saturated rings. The number of benzene rings is 2. The Hall–Kier alpha value is -2.96. The van der Waals surface area contributed by atoms with Crippen LogP contribution in [0.1, 0.15) is 18.1 Å². The maximum atomic E-state index is 13.3. The fourth-order valence-corrected chi connectivity index (χ4v) is 4.48. The molecule has 6 nitrogen and oxygen atoms in total. The first-order valence-electron chi connectivity index (χ1n) is 9.62. The third-order valence-electron chi connectivity index (χ3n) is 5.98. The molecule has 4 atom stereocenters. The summed E-state index contributed by atoms with van der Waals surface area (Å²) in [4.78, 5) is 39.8. The number of anilines is 1. The maximum absolute atomic E-state index is 13.3. The van der Waals surface area contributed by atoms with Crippen molar-refractivity contribution in [3.8, 4) is 0 Å². The van der Waals surface area contributed by atoms with Crippen LogP contribution in [0.25, 0.3) is 6.08 Å². The predicted molar refractivity (Wildman–Crippen MR) is 114 cm³/mol. The number of nitrogens with one attached hydrogen (secondary N) is 1. The Balaban J connectivity index is 1.74. The minimum Gasteiger partial charge on any atom is -0.480 e. The van der Waals surface area contributed by atoms with Crippen LogP contribution in [0.3, 0.4) is 0 Å². The van der Waals surface area contributed by atoms with Crippen LogP contribution in [0.4, 0.5) is 5.69 Å². The van der Waals surface area contributed by atoms with Gasteiger partial charge in [-0.25, -0.2) is 4.90 Å². The van der Waals surface area contributed by atoms with E-state index in [1.807, 2.05) is 43.3 Å². The fourth-order valence-electron chi connectivity index (χ4n) is 4.30. The van der Waals surface area contributed by atoms with Crippen LogP contribution in [0.5, 0.6) is 0 Å². The summed E-state index contributed by atoms with van der Waals surface area (Å²) in [6.45, 7) is 3.28. The van der Waals surface area contributed by atoms with E-state index in [2.05, 4.69) is 5.32 Å². The molecule has 0 spiro atoms. The lowest BCUT2D eigenvalue weighted by molar-refractivity contribution is -0.147. The lowest BCUT2D eigenvalue weighted by atomic mass is 9.81. The molecule has 0 aromatic heterocycles. The summed E-state index contributed by atoms with van der Waals surface area (Å²) in [5.41, 5.74) is 0.527. The fraction of sp³-hybridized carbons (Fsp3) is 0.261. The van der Waals surface area contributed by atoms with Crippen molar-refractivity contribution in [2.75, 3.05) is 4.90 Å². The maximum Gasteiger partial charge on any atom is 0.324 e. The minimum absolute atomic E-state index is 0.355. The number of carbonyl (C=O) groups excluding carboxylic acids is 2. The summed E-state index contributed by atoms with van der Waals surface area (Å²) in [7, 11) is 0. The normalized spacial score (nSPS) is 28.4. The van der Waals surface area contributed by atoms with Gasteiger partial charge in [-0.05, 0) is 37.1 Å². The first-order valence-corrected chi connectivity index (χ1v) is 10.00. The second-order valence-electron chi connectivity index (χ2n) is 7.90. The first-order chi connectivity index (χ1) is 14.2. The second-order valence-corrected chi connectivity index (χ2v) is 8.30. The molecule has 0 saturated carbocycles. The van der Waals surface area contributed by atoms with E-state index in [0.29, 0.717) is 10.7 Å². The number of aryl methyl sites for hydroxylation is 1. The van der Waals surface area contributed by atoms with Crippen LogP contribution < -0.4 is 10.2 Å². The molecule has 2 amide bonds. The van der Waals surface area contributed by atoms with Crippen molar-refractivity contribution in [2.24, 2.45) is 11.8 Å². The van der Waals surface area contributed by atoms with Crippen molar-refractivity contribution < 1.29 is 19.5 Å². The Morgan fingerprint density at radius 3 is 2.50 bits per heavy atom. The minimum atomic E-state index is -1.56. The van der Waals surface area contributed by atoms with Crippen molar-refractivity contribution in [3.63, 3.8) is 0 Å². The van der Waals surface area contributed by atoms with Gasteiger partial charge in [-0.2, -0.15) is 0 Å². The number of fused-ring (bicyclic) bond motifs is 1. The highest BCUT2D eigenvalue weighted by atomic mass is 35.5. The van der Waals surface area contributed by atoms with Gasteiger partial charge in [0.1, 0.15) is 5.54 Å². The van der Waals surface area contributed by atoms with Gasteiger partial charge in [-0.15, -0.1) is 0 Å². The van der Waals surface area contributed by atoms with Gasteiger partial charge in [-0.1, -0.05) is 60.2 Å². The van der Waals surface area contributed by atoms with Gasteiger partial charge in [0.2, 0.25) is 11.8 Å². The van der Waals surface area contributed by atoms with Crippen molar-refractivity contribution in [1.82, 2.24) is 5.32 Å². The van der Waals surface area contributed by atoms with E-state index >= 15 is 0 Å². The number of nitrogens with zero attached hydrogens (tertiary/aromatic N) is 1. The number of rotatable bonds is 4. The lowest BCUT2D eigenvalue weighted by Crippen LogP contribution is -2.54. The van der Waals surface area contributed by atoms with Crippen LogP contribution in [0.15, 0.2) is 54.6 Å². The number of hydrogen-bond donors (Lipinski definition) is 2. The number of halogens is 1. The molecular weight excluding hydrogens is 404 g/mol. The molecule has 2 saturated heterocycles. The van der Waals surface area contributed by atoms with Crippen LogP contribution in [-0.2, 0) is 14.4 Å². The average Bonchev–Trinajstić information content (AvgIpc) is 3.17. The molecule has 154 valence electrons. The van der Waals surface area contributed by atoms with Gasteiger partial charge in [0.25, 0.3) is 0 Å². The number of amides is 2. The van der Waals surface area contributed by atoms with Crippen molar-refractivity contribution >= 4 is 41.1 Å². The molecule has 4 rings (SSSR count). The van der Waals surface area contributed by atoms with Crippen molar-refractivity contribution in [1.29, 1.82) is 0 Å². The molecule has 2 aliphatic rings. The molecule has 2 aromatic rings. The van der Waals surface area contributed by atoms with E-state index in [9.17, 15) is 19.5 Å². The van der Waals surface area contributed by atoms with Gasteiger partial charge in [-0.3, -0.25) is 19.7 Å². The summed E-state index contributed by atoms with van der Waals surface area (Å²) >= 11 is 6.19. The van der Waals surface area contributed by atoms with E-state index in [1.54, 1.807) is 24.3 Å². The average molecular weight is 425 g/mol. The highest BCUT2D eigenvalue weighted by Gasteiger charge is 2.66. The molecule has 7 heteroatoms. The lowest BCUT2D eigenvalue weighted by Gasteiger charge is -2.26. The Morgan fingerprint density at radius 2 is 1.87 bits per heavy atom. The smallest absolute Gasteiger partial charge is 0.324 e. The summed E-state index contributed by atoms with van der Waals surface area (Å²) in [5, 5.41) is 13.3. The Bertz CT molecular complexity index is 1070. The summed E-state index contributed by atoms with van der Waals surface area (Å²) in [6, 6.07) is 13.8. The number of imide groups is 1. The standard InChI is InChI=1S/C23H21ClN2O4/c1-13-8-10-15(12-16(13)24)26-20(27)18-17(11-9-14-6-4-3-5-7-14)25-23(2,22(29)30)19(18)21(26)28/h3-12,17-19,25H,1-2H3,(H,29,30)/b11-9+. The van der Waals surface area contributed by atoms with E-state index < -0.39 is 41.2 Å². The van der Waals surface area contributed by atoms with Crippen LogP contribution in [-0.4, -0.2) is 34.5 Å². The van der Waals surface area contributed by atoms with E-state index in [4.69, 9.17) is 11.6 Å². The van der Waals surface area contributed by atoms with Gasteiger partial charge >= 0.3 is 5.97 Å². The van der Waals surface area contributed by atoms with Crippen molar-refractivity contribution in [2.45, 2.75) is 25.4 Å². The second kappa shape index (κ2) is 7.38. The summed E-state index contributed by atoms with van der Waals surface area (Å²) in [6.07, 6.45) is 3.59. The number of aliphatic carboxylic acids is 1. The van der Waals surface area contributed by atoms with Gasteiger partial charge in [0.15, 0.2) is 0 Å². The zero-order valence-electron chi connectivity index (χ0n) is 16.5. The molecule has 4 unspecified atom stereocenters. The highest BCUT2D eigenvalue weighted by molar-refractivity contribution is 6.32. The first kappa shape index (κ1) is 20.3. The molecular formula is C23H21ClN2O4. The van der Waals surface area contributed by atoms with E-state index in [1.165, 1.54) is 6.92 Å². The largest absolute Gasteiger partial charge is 0.480 e. The van der Waals surface area contributed by atoms with Crippen LogP contribution >= 0.6 is 11.6 Å². The van der Waals surface area contributed by atoms with Crippen molar-refractivity contribution in [3.05, 3.63) is 70.8 Å². The Kier molecular flexibility index (Phi) is 5.00. The third-order valence-corrected chi connectivity index (χ3v) is 6.39. The van der Waals surface area contributed by atoms with Crippen LogP contribution in [0.2, 0.25) is 5.02 Å². The molecule has 0 bridgehead atoms. The van der Waals surface area contributed by atoms with Gasteiger partial charge in [0.05, 0.1) is 17.5 Å². The summed E-state index contributed by atoms with van der Waals surface area (Å²) < 4.78 is 0. The molecule has 0 radical (unpaired) electrons. The zero-order valence-corrected chi connectivity index (χ0v) is 17.3. The molecule has 30 heavy (non-hydrogen) atoms. The zero-order chi connectivity index (χ0) is 21.6. The van der Waals surface area contributed by atoms with Gasteiger partial charge in [0, 0.05) is 11.1 Å². The predicted octanol–water partition coefficient (Wildman–Crippen LogP) is 3.28. The third kappa shape index (κ3) is 3.13. The molecule has 2 aromatic carbocycles. The van der Waals surface area contributed by atoms with E-state index in [-0.39, 0.29) is 0 Å². The SMILES string of the molecule is Cc1ccc(N2C(=O)C3C(/C=C/c4ccccc4)NC(C)(C(=O)O)C3C2=O)cc1Cl. The monoisotopic (exact) mass is 424 g/mol. The topological polar surface area (TPSA) is 86.7 Å². The number of carbonyl (C=O) groups is 3. The Labute approximate surface area is 179 Å².